The minimum absolute atomic E-state index is 0.0855. The van der Waals surface area contributed by atoms with Crippen LogP contribution in [-0.4, -0.2) is 20.4 Å². The highest BCUT2D eigenvalue weighted by Crippen LogP contribution is 2.22. The number of carbonyl (C=O) groups excluding carboxylic acids is 1. The maximum absolute atomic E-state index is 13.1. The summed E-state index contributed by atoms with van der Waals surface area (Å²) >= 11 is 0. The van der Waals surface area contributed by atoms with Gasteiger partial charge in [0.1, 0.15) is 6.04 Å². The summed E-state index contributed by atoms with van der Waals surface area (Å²) < 4.78 is 1.89. The quantitative estimate of drug-likeness (QED) is 0.590. The first kappa shape index (κ1) is 17.0. The Labute approximate surface area is 157 Å². The number of hydrogen-bond donors (Lipinski definition) is 1. The van der Waals surface area contributed by atoms with Crippen molar-refractivity contribution >= 4 is 16.9 Å². The first-order valence-corrected chi connectivity index (χ1v) is 8.92. The Hall–Kier alpha value is -3.47. The van der Waals surface area contributed by atoms with Gasteiger partial charge in [0.15, 0.2) is 0 Å². The lowest BCUT2D eigenvalue weighted by Crippen LogP contribution is -2.35. The zero-order chi connectivity index (χ0) is 18.6. The first-order valence-electron chi connectivity index (χ1n) is 8.92. The van der Waals surface area contributed by atoms with E-state index in [9.17, 15) is 4.79 Å². The third-order valence-corrected chi connectivity index (χ3v) is 4.68. The Kier molecular flexibility index (Phi) is 4.66. The molecule has 0 radical (unpaired) electrons. The van der Waals surface area contributed by atoms with Crippen LogP contribution in [0.25, 0.3) is 11.0 Å². The van der Waals surface area contributed by atoms with E-state index in [1.54, 1.807) is 12.5 Å². The number of carbonyl (C=O) groups is 1. The lowest BCUT2D eigenvalue weighted by molar-refractivity contribution is -0.124. The summed E-state index contributed by atoms with van der Waals surface area (Å²) in [7, 11) is 0. The second-order valence-corrected chi connectivity index (χ2v) is 6.42. The van der Waals surface area contributed by atoms with Gasteiger partial charge in [0.05, 0.1) is 29.1 Å². The molecule has 2 heterocycles. The number of benzene rings is 2. The number of aromatic nitrogens is 3. The van der Waals surface area contributed by atoms with E-state index in [1.165, 1.54) is 0 Å². The van der Waals surface area contributed by atoms with E-state index in [-0.39, 0.29) is 11.9 Å². The van der Waals surface area contributed by atoms with Gasteiger partial charge in [-0.1, -0.05) is 48.5 Å². The fourth-order valence-electron chi connectivity index (χ4n) is 3.20. The third-order valence-electron chi connectivity index (χ3n) is 4.68. The van der Waals surface area contributed by atoms with Gasteiger partial charge in [0, 0.05) is 6.20 Å². The topological polar surface area (TPSA) is 59.8 Å². The molecule has 5 nitrogen and oxygen atoms in total. The van der Waals surface area contributed by atoms with Crippen molar-refractivity contribution in [3.8, 4) is 0 Å². The van der Waals surface area contributed by atoms with Crippen LogP contribution >= 0.6 is 0 Å². The molecule has 0 aliphatic rings. The van der Waals surface area contributed by atoms with Crippen molar-refractivity contribution in [3.05, 3.63) is 96.6 Å². The van der Waals surface area contributed by atoms with Crippen LogP contribution in [0.15, 0.2) is 85.3 Å². The number of nitrogens with zero attached hydrogens (tertiary/aromatic N) is 3. The molecular weight excluding hydrogens is 336 g/mol. The minimum atomic E-state index is -0.396. The largest absolute Gasteiger partial charge is 0.342 e. The Bertz CT molecular complexity index is 1000. The summed E-state index contributed by atoms with van der Waals surface area (Å²) in [6, 6.07) is 22.7. The minimum Gasteiger partial charge on any atom is -0.342 e. The van der Waals surface area contributed by atoms with Gasteiger partial charge in [-0.25, -0.2) is 4.98 Å². The molecule has 0 aliphatic carbocycles. The monoisotopic (exact) mass is 356 g/mol. The molecule has 0 fully saturated rings. The Balaban J connectivity index is 1.64. The highest BCUT2D eigenvalue weighted by atomic mass is 16.2. The predicted molar refractivity (Wildman–Crippen MR) is 105 cm³/mol. The molecule has 0 bridgehead atoms. The van der Waals surface area contributed by atoms with E-state index in [0.29, 0.717) is 0 Å². The van der Waals surface area contributed by atoms with Crippen LogP contribution in [0, 0.1) is 0 Å². The SMILES string of the molecule is CC(C(=O)NC(c1ccccc1)c1ccccn1)n1cnc2ccccc21. The smallest absolute Gasteiger partial charge is 0.243 e. The number of pyridine rings is 1. The van der Waals surface area contributed by atoms with Gasteiger partial charge in [0.2, 0.25) is 5.91 Å². The summed E-state index contributed by atoms with van der Waals surface area (Å²) in [6.45, 7) is 1.88. The molecule has 2 aromatic heterocycles. The van der Waals surface area contributed by atoms with E-state index >= 15 is 0 Å². The standard InChI is InChI=1S/C22H20N4O/c1-16(26-15-24-18-11-5-6-13-20(18)26)22(27)25-21(17-9-3-2-4-10-17)19-12-7-8-14-23-19/h2-16,21H,1H3,(H,25,27). The fraction of sp³-hybridized carbons (Fsp3) is 0.136. The molecule has 1 amide bonds. The van der Waals surface area contributed by atoms with E-state index in [1.807, 2.05) is 84.3 Å². The Morgan fingerprint density at radius 1 is 0.926 bits per heavy atom. The van der Waals surface area contributed by atoms with Crippen LogP contribution in [0.2, 0.25) is 0 Å². The van der Waals surface area contributed by atoms with Gasteiger partial charge >= 0.3 is 0 Å². The Morgan fingerprint density at radius 2 is 1.67 bits per heavy atom. The highest BCUT2D eigenvalue weighted by molar-refractivity contribution is 5.84. The lowest BCUT2D eigenvalue weighted by Gasteiger charge is -2.22. The van der Waals surface area contributed by atoms with Crippen LogP contribution < -0.4 is 5.32 Å². The van der Waals surface area contributed by atoms with E-state index in [2.05, 4.69) is 15.3 Å². The summed E-state index contributed by atoms with van der Waals surface area (Å²) in [5.74, 6) is -0.0855. The van der Waals surface area contributed by atoms with Crippen molar-refractivity contribution in [1.82, 2.24) is 19.9 Å². The molecule has 0 aliphatic heterocycles. The normalized spacial score (nSPS) is 13.2. The number of imidazole rings is 1. The molecule has 2 aromatic carbocycles. The first-order chi connectivity index (χ1) is 13.2. The van der Waals surface area contributed by atoms with Gasteiger partial charge in [-0.2, -0.15) is 0 Å². The zero-order valence-electron chi connectivity index (χ0n) is 15.0. The molecule has 4 rings (SSSR count). The van der Waals surface area contributed by atoms with Crippen molar-refractivity contribution in [2.24, 2.45) is 0 Å². The van der Waals surface area contributed by atoms with Crippen molar-refractivity contribution < 1.29 is 4.79 Å². The molecule has 2 atom stereocenters. The van der Waals surface area contributed by atoms with Gasteiger partial charge in [-0.15, -0.1) is 0 Å². The van der Waals surface area contributed by atoms with Crippen LogP contribution in [-0.2, 0) is 4.79 Å². The molecule has 0 spiro atoms. The molecule has 1 N–H and O–H groups in total. The number of amides is 1. The molecule has 5 heteroatoms. The van der Waals surface area contributed by atoms with E-state index in [0.717, 1.165) is 22.3 Å². The second-order valence-electron chi connectivity index (χ2n) is 6.42. The molecule has 0 saturated carbocycles. The maximum Gasteiger partial charge on any atom is 0.243 e. The summed E-state index contributed by atoms with van der Waals surface area (Å²) in [4.78, 5) is 21.9. The lowest BCUT2D eigenvalue weighted by atomic mass is 10.0. The third kappa shape index (κ3) is 3.44. The second kappa shape index (κ2) is 7.41. The number of nitrogens with one attached hydrogen (secondary N) is 1. The molecule has 27 heavy (non-hydrogen) atoms. The van der Waals surface area contributed by atoms with E-state index < -0.39 is 6.04 Å². The molecule has 4 aromatic rings. The summed E-state index contributed by atoms with van der Waals surface area (Å²) in [5.41, 5.74) is 3.61. The van der Waals surface area contributed by atoms with Crippen LogP contribution in [0.5, 0.6) is 0 Å². The number of para-hydroxylation sites is 2. The molecule has 2 unspecified atom stereocenters. The fourth-order valence-corrected chi connectivity index (χ4v) is 3.20. The zero-order valence-corrected chi connectivity index (χ0v) is 15.0. The van der Waals surface area contributed by atoms with Gasteiger partial charge < -0.3 is 9.88 Å². The molecule has 134 valence electrons. The Morgan fingerprint density at radius 3 is 2.44 bits per heavy atom. The average Bonchev–Trinajstić information content (AvgIpc) is 3.16. The van der Waals surface area contributed by atoms with Crippen LogP contribution in [0.3, 0.4) is 0 Å². The van der Waals surface area contributed by atoms with Gasteiger partial charge in [-0.3, -0.25) is 9.78 Å². The number of rotatable bonds is 5. The van der Waals surface area contributed by atoms with Gasteiger partial charge in [0.25, 0.3) is 0 Å². The maximum atomic E-state index is 13.1. The number of fused-ring (bicyclic) bond motifs is 1. The van der Waals surface area contributed by atoms with Crippen molar-refractivity contribution in [3.63, 3.8) is 0 Å². The predicted octanol–water partition coefficient (Wildman–Crippen LogP) is 3.90. The van der Waals surface area contributed by atoms with Crippen molar-refractivity contribution in [2.75, 3.05) is 0 Å². The van der Waals surface area contributed by atoms with Crippen molar-refractivity contribution in [1.29, 1.82) is 0 Å². The summed E-state index contributed by atoms with van der Waals surface area (Å²) in [5, 5.41) is 3.15. The number of hydrogen-bond acceptors (Lipinski definition) is 3. The molecular formula is C22H20N4O. The highest BCUT2D eigenvalue weighted by Gasteiger charge is 2.23. The summed E-state index contributed by atoms with van der Waals surface area (Å²) in [6.07, 6.45) is 3.46. The van der Waals surface area contributed by atoms with Gasteiger partial charge in [-0.05, 0) is 36.8 Å². The van der Waals surface area contributed by atoms with E-state index in [4.69, 9.17) is 0 Å². The van der Waals surface area contributed by atoms with Crippen molar-refractivity contribution in [2.45, 2.75) is 19.0 Å². The average molecular weight is 356 g/mol. The van der Waals surface area contributed by atoms with Crippen LogP contribution in [0.1, 0.15) is 30.3 Å². The van der Waals surface area contributed by atoms with Crippen LogP contribution in [0.4, 0.5) is 0 Å². The molecule has 0 saturated heterocycles.